The highest BCUT2D eigenvalue weighted by molar-refractivity contribution is 5.49. The molecule has 0 amide bonds. The van der Waals surface area contributed by atoms with Gasteiger partial charge in [0, 0.05) is 12.5 Å². The van der Waals surface area contributed by atoms with Gasteiger partial charge >= 0.3 is 0 Å². The van der Waals surface area contributed by atoms with Gasteiger partial charge in [-0.15, -0.1) is 0 Å². The van der Waals surface area contributed by atoms with E-state index in [0.29, 0.717) is 6.04 Å². The first kappa shape index (κ1) is 12.5. The molecular weight excluding hydrogens is 226 g/mol. The van der Waals surface area contributed by atoms with Gasteiger partial charge in [-0.3, -0.25) is 0 Å². The van der Waals surface area contributed by atoms with Crippen molar-refractivity contribution in [2.24, 2.45) is 0 Å². The molecule has 0 aliphatic carbocycles. The average molecular weight is 245 g/mol. The number of nitrogens with zero attached hydrogens (tertiary/aromatic N) is 1. The maximum Gasteiger partial charge on any atom is 0.126 e. The lowest BCUT2D eigenvalue weighted by molar-refractivity contribution is 0.495. The molecule has 0 aliphatic rings. The molecule has 0 radical (unpaired) electrons. The molecule has 1 atom stereocenters. The van der Waals surface area contributed by atoms with Crippen LogP contribution in [0.4, 0.5) is 11.5 Å². The number of aryl methyl sites for hydroxylation is 2. The predicted molar refractivity (Wildman–Crippen MR) is 73.5 cm³/mol. The molecule has 0 aromatic carbocycles. The second kappa shape index (κ2) is 5.58. The Hall–Kier alpha value is -1.97. The molecule has 0 bridgehead atoms. The number of nitrogens with one attached hydrogen (secondary N) is 1. The number of pyridine rings is 1. The van der Waals surface area contributed by atoms with Crippen molar-refractivity contribution in [1.82, 2.24) is 4.98 Å². The summed E-state index contributed by atoms with van der Waals surface area (Å²) in [4.78, 5) is 4.40. The summed E-state index contributed by atoms with van der Waals surface area (Å²) in [5.74, 6) is 1.89. The Kier molecular flexibility index (Phi) is 3.87. The number of hydrogen-bond donors (Lipinski definition) is 2. The Labute approximate surface area is 107 Å². The maximum atomic E-state index is 5.74. The van der Waals surface area contributed by atoms with Crippen LogP contribution in [0.3, 0.4) is 0 Å². The van der Waals surface area contributed by atoms with Gasteiger partial charge in [-0.25, -0.2) is 4.98 Å². The van der Waals surface area contributed by atoms with Gasteiger partial charge in [-0.2, -0.15) is 0 Å². The van der Waals surface area contributed by atoms with Gasteiger partial charge in [-0.05, 0) is 44.5 Å². The lowest BCUT2D eigenvalue weighted by atomic mass is 10.1. The highest BCUT2D eigenvalue weighted by atomic mass is 16.3. The van der Waals surface area contributed by atoms with Gasteiger partial charge in [-0.1, -0.05) is 0 Å². The van der Waals surface area contributed by atoms with Crippen LogP contribution in [-0.2, 0) is 6.42 Å². The highest BCUT2D eigenvalue weighted by Gasteiger charge is 2.05. The SMILES string of the molecule is Cc1nc(NC(C)CCc2ccco2)ccc1N. The fourth-order valence-electron chi connectivity index (χ4n) is 1.79. The Morgan fingerprint density at radius 2 is 2.22 bits per heavy atom. The summed E-state index contributed by atoms with van der Waals surface area (Å²) in [6, 6.07) is 8.04. The van der Waals surface area contributed by atoms with Crippen LogP contribution in [-0.4, -0.2) is 11.0 Å². The number of furan rings is 1. The smallest absolute Gasteiger partial charge is 0.126 e. The zero-order valence-corrected chi connectivity index (χ0v) is 10.8. The van der Waals surface area contributed by atoms with Crippen molar-refractivity contribution in [2.75, 3.05) is 11.1 Å². The monoisotopic (exact) mass is 245 g/mol. The lowest BCUT2D eigenvalue weighted by Gasteiger charge is -2.14. The molecule has 3 N–H and O–H groups in total. The summed E-state index contributed by atoms with van der Waals surface area (Å²) in [5.41, 5.74) is 7.32. The number of hydrogen-bond acceptors (Lipinski definition) is 4. The second-order valence-corrected chi connectivity index (χ2v) is 4.53. The molecule has 4 heteroatoms. The van der Waals surface area contributed by atoms with Gasteiger partial charge in [0.25, 0.3) is 0 Å². The first-order valence-electron chi connectivity index (χ1n) is 6.17. The Morgan fingerprint density at radius 1 is 1.39 bits per heavy atom. The zero-order chi connectivity index (χ0) is 13.0. The van der Waals surface area contributed by atoms with Crippen LogP contribution in [0.5, 0.6) is 0 Å². The molecule has 0 saturated carbocycles. The molecule has 1 unspecified atom stereocenters. The first-order chi connectivity index (χ1) is 8.65. The molecule has 2 rings (SSSR count). The number of nitrogen functional groups attached to an aromatic ring is 1. The molecule has 0 fully saturated rings. The van der Waals surface area contributed by atoms with E-state index >= 15 is 0 Å². The molecule has 2 heterocycles. The van der Waals surface area contributed by atoms with E-state index in [-0.39, 0.29) is 0 Å². The fraction of sp³-hybridized carbons (Fsp3) is 0.357. The Morgan fingerprint density at radius 3 is 2.89 bits per heavy atom. The Bertz CT molecular complexity index is 494. The van der Waals surface area contributed by atoms with Gasteiger partial charge in [0.05, 0.1) is 17.6 Å². The third-order valence-corrected chi connectivity index (χ3v) is 2.92. The summed E-state index contributed by atoms with van der Waals surface area (Å²) >= 11 is 0. The number of anilines is 2. The van der Waals surface area contributed by atoms with E-state index in [4.69, 9.17) is 10.2 Å². The minimum absolute atomic E-state index is 0.339. The minimum Gasteiger partial charge on any atom is -0.469 e. The van der Waals surface area contributed by atoms with Crippen molar-refractivity contribution >= 4 is 11.5 Å². The molecule has 96 valence electrons. The van der Waals surface area contributed by atoms with Crippen LogP contribution in [0.2, 0.25) is 0 Å². The van der Waals surface area contributed by atoms with Crippen LogP contribution < -0.4 is 11.1 Å². The summed E-state index contributed by atoms with van der Waals surface area (Å²) in [6.45, 7) is 4.05. The second-order valence-electron chi connectivity index (χ2n) is 4.53. The van der Waals surface area contributed by atoms with Crippen molar-refractivity contribution in [1.29, 1.82) is 0 Å². The maximum absolute atomic E-state index is 5.74. The molecule has 0 saturated heterocycles. The summed E-state index contributed by atoms with van der Waals surface area (Å²) in [6.07, 6.45) is 3.63. The summed E-state index contributed by atoms with van der Waals surface area (Å²) in [5, 5.41) is 3.36. The number of aromatic nitrogens is 1. The standard InChI is InChI=1S/C14H19N3O/c1-10(5-6-12-4-3-9-18-12)16-14-8-7-13(15)11(2)17-14/h3-4,7-10H,5-6,15H2,1-2H3,(H,16,17). The molecule has 0 aliphatic heterocycles. The largest absolute Gasteiger partial charge is 0.469 e. The average Bonchev–Trinajstić information content (AvgIpc) is 2.84. The van der Waals surface area contributed by atoms with Crippen molar-refractivity contribution in [3.63, 3.8) is 0 Å². The van der Waals surface area contributed by atoms with Crippen LogP contribution in [0.1, 0.15) is 24.8 Å². The normalized spacial score (nSPS) is 12.3. The topological polar surface area (TPSA) is 64.1 Å². The van der Waals surface area contributed by atoms with Gasteiger partial charge in [0.2, 0.25) is 0 Å². The van der Waals surface area contributed by atoms with E-state index in [1.165, 1.54) is 0 Å². The zero-order valence-electron chi connectivity index (χ0n) is 10.8. The minimum atomic E-state index is 0.339. The van der Waals surface area contributed by atoms with Crippen molar-refractivity contribution in [3.8, 4) is 0 Å². The van der Waals surface area contributed by atoms with Gasteiger partial charge < -0.3 is 15.5 Å². The molecule has 18 heavy (non-hydrogen) atoms. The summed E-state index contributed by atoms with van der Waals surface area (Å²) < 4.78 is 5.31. The van der Waals surface area contributed by atoms with Gasteiger partial charge in [0.1, 0.15) is 11.6 Å². The van der Waals surface area contributed by atoms with Crippen molar-refractivity contribution < 1.29 is 4.42 Å². The summed E-state index contributed by atoms with van der Waals surface area (Å²) in [7, 11) is 0. The van der Waals surface area contributed by atoms with E-state index in [2.05, 4.69) is 17.2 Å². The molecular formula is C14H19N3O. The highest BCUT2D eigenvalue weighted by Crippen LogP contribution is 2.14. The van der Waals surface area contributed by atoms with Crippen LogP contribution in [0, 0.1) is 6.92 Å². The molecule has 4 nitrogen and oxygen atoms in total. The lowest BCUT2D eigenvalue weighted by Crippen LogP contribution is -2.17. The van der Waals surface area contributed by atoms with E-state index in [1.54, 1.807) is 6.26 Å². The van der Waals surface area contributed by atoms with E-state index in [1.807, 2.05) is 31.2 Å². The van der Waals surface area contributed by atoms with Crippen molar-refractivity contribution in [3.05, 3.63) is 42.0 Å². The van der Waals surface area contributed by atoms with E-state index < -0.39 is 0 Å². The molecule has 2 aromatic heterocycles. The van der Waals surface area contributed by atoms with Crippen molar-refractivity contribution in [2.45, 2.75) is 32.7 Å². The third kappa shape index (κ3) is 3.26. The number of nitrogens with two attached hydrogens (primary N) is 1. The fourth-order valence-corrected chi connectivity index (χ4v) is 1.79. The first-order valence-corrected chi connectivity index (χ1v) is 6.17. The van der Waals surface area contributed by atoms with E-state index in [9.17, 15) is 0 Å². The van der Waals surface area contributed by atoms with Crippen LogP contribution >= 0.6 is 0 Å². The molecule has 2 aromatic rings. The number of rotatable bonds is 5. The quantitative estimate of drug-likeness (QED) is 0.850. The van der Waals surface area contributed by atoms with E-state index in [0.717, 1.165) is 35.8 Å². The Balaban J connectivity index is 1.86. The predicted octanol–water partition coefficient (Wildman–Crippen LogP) is 3.00. The van der Waals surface area contributed by atoms with Crippen LogP contribution in [0.15, 0.2) is 34.9 Å². The van der Waals surface area contributed by atoms with Crippen LogP contribution in [0.25, 0.3) is 0 Å². The van der Waals surface area contributed by atoms with Gasteiger partial charge in [0.15, 0.2) is 0 Å². The third-order valence-electron chi connectivity index (χ3n) is 2.92. The molecule has 0 spiro atoms.